The molecule has 1 fully saturated rings. The van der Waals surface area contributed by atoms with Crippen molar-refractivity contribution in [1.82, 2.24) is 4.57 Å². The van der Waals surface area contributed by atoms with E-state index in [9.17, 15) is 9.59 Å². The van der Waals surface area contributed by atoms with Crippen molar-refractivity contribution < 1.29 is 14.3 Å². The van der Waals surface area contributed by atoms with Crippen LogP contribution in [-0.4, -0.2) is 36.3 Å². The van der Waals surface area contributed by atoms with Gasteiger partial charge in [0.15, 0.2) is 4.80 Å². The van der Waals surface area contributed by atoms with E-state index in [0.717, 1.165) is 29.8 Å². The number of thiazole rings is 1. The summed E-state index contributed by atoms with van der Waals surface area (Å²) in [5.41, 5.74) is 4.35. The molecule has 6 rings (SSSR count). The summed E-state index contributed by atoms with van der Waals surface area (Å²) in [5.74, 6) is 0.222. The molecule has 0 unspecified atom stereocenters. The zero-order valence-electron chi connectivity index (χ0n) is 25.4. The summed E-state index contributed by atoms with van der Waals surface area (Å²) in [6.07, 6.45) is 5.66. The number of hydrogen-bond donors (Lipinski definition) is 0. The third-order valence-corrected chi connectivity index (χ3v) is 8.84. The highest BCUT2D eigenvalue weighted by molar-refractivity contribution is 7.07. The lowest BCUT2D eigenvalue weighted by atomic mass is 9.93. The Hall–Kier alpha value is -4.43. The third-order valence-electron chi connectivity index (χ3n) is 7.85. The number of benzene rings is 3. The van der Waals surface area contributed by atoms with E-state index in [1.54, 1.807) is 11.5 Å². The van der Waals surface area contributed by atoms with E-state index in [4.69, 9.17) is 14.5 Å². The summed E-state index contributed by atoms with van der Waals surface area (Å²) >= 11 is 1.33. The largest absolute Gasteiger partial charge is 0.491 e. The molecule has 8 heteroatoms. The Kier molecular flexibility index (Phi) is 8.79. The first-order chi connectivity index (χ1) is 21.4. The first-order valence-electron chi connectivity index (χ1n) is 15.3. The quantitative estimate of drug-likeness (QED) is 0.240. The van der Waals surface area contributed by atoms with Crippen LogP contribution in [0.15, 0.2) is 94.2 Å². The molecule has 0 aliphatic carbocycles. The van der Waals surface area contributed by atoms with Crippen LogP contribution in [-0.2, 0) is 9.53 Å². The van der Waals surface area contributed by atoms with E-state index in [0.29, 0.717) is 26.4 Å². The summed E-state index contributed by atoms with van der Waals surface area (Å²) in [6.45, 7) is 8.08. The number of piperidine rings is 1. The highest BCUT2D eigenvalue weighted by Gasteiger charge is 2.35. The van der Waals surface area contributed by atoms with Gasteiger partial charge in [-0.05, 0) is 81.5 Å². The number of carbonyl (C=O) groups is 1. The van der Waals surface area contributed by atoms with Gasteiger partial charge >= 0.3 is 5.97 Å². The van der Waals surface area contributed by atoms with Gasteiger partial charge in [-0.15, -0.1) is 0 Å². The summed E-state index contributed by atoms with van der Waals surface area (Å²) in [4.78, 5) is 35.7. The molecule has 0 amide bonds. The lowest BCUT2D eigenvalue weighted by Crippen LogP contribution is -2.40. The number of nitrogens with zero attached hydrogens (tertiary/aromatic N) is 3. The van der Waals surface area contributed by atoms with E-state index in [1.807, 2.05) is 74.5 Å². The Balaban J connectivity index is 1.50. The molecule has 2 aliphatic rings. The maximum Gasteiger partial charge on any atom is 0.338 e. The Morgan fingerprint density at radius 3 is 2.34 bits per heavy atom. The molecule has 3 aromatic carbocycles. The number of fused-ring (bicyclic) bond motifs is 1. The van der Waals surface area contributed by atoms with Gasteiger partial charge in [-0.1, -0.05) is 65.9 Å². The molecular formula is C36H37N3O4S. The fraction of sp³-hybridized carbons (Fsp3) is 0.306. The Morgan fingerprint density at radius 2 is 1.68 bits per heavy atom. The summed E-state index contributed by atoms with van der Waals surface area (Å²) in [7, 11) is 0. The molecule has 4 aromatic rings. The number of ether oxygens (including phenoxy) is 2. The van der Waals surface area contributed by atoms with Gasteiger partial charge in [0.1, 0.15) is 5.75 Å². The first kappa shape index (κ1) is 29.6. The summed E-state index contributed by atoms with van der Waals surface area (Å²) < 4.78 is 13.6. The van der Waals surface area contributed by atoms with Crippen molar-refractivity contribution in [3.8, 4) is 5.75 Å². The van der Waals surface area contributed by atoms with Gasteiger partial charge in [0.05, 0.1) is 34.6 Å². The maximum absolute atomic E-state index is 14.2. The van der Waals surface area contributed by atoms with Gasteiger partial charge in [-0.2, -0.15) is 0 Å². The fourth-order valence-electron chi connectivity index (χ4n) is 5.84. The highest BCUT2D eigenvalue weighted by Crippen LogP contribution is 2.35. The van der Waals surface area contributed by atoms with Gasteiger partial charge in [-0.3, -0.25) is 9.36 Å². The Labute approximate surface area is 261 Å². The Morgan fingerprint density at radius 1 is 0.977 bits per heavy atom. The number of hydrogen-bond acceptors (Lipinski definition) is 7. The first-order valence-corrected chi connectivity index (χ1v) is 16.1. The molecule has 3 heterocycles. The molecule has 1 saturated heterocycles. The summed E-state index contributed by atoms with van der Waals surface area (Å²) in [6, 6.07) is 24.8. The van der Waals surface area contributed by atoms with Gasteiger partial charge < -0.3 is 14.4 Å². The molecule has 2 aliphatic heterocycles. The third kappa shape index (κ3) is 6.13. The molecule has 0 N–H and O–H groups in total. The molecule has 226 valence electrons. The van der Waals surface area contributed by atoms with Crippen LogP contribution in [0, 0.1) is 0 Å². The molecule has 0 saturated carbocycles. The average molecular weight is 608 g/mol. The SMILES string of the molecule is CCOC(=O)C1=C(c2ccccc2)N=c2s/c(=C\c3ccc(N4CCCCC4)cc3)c(=O)n2[C@H]1c1ccc(OC(C)C)cc1. The van der Waals surface area contributed by atoms with Crippen molar-refractivity contribution in [1.29, 1.82) is 0 Å². The second-order valence-electron chi connectivity index (χ2n) is 11.3. The maximum atomic E-state index is 14.2. The van der Waals surface area contributed by atoms with Crippen LogP contribution in [0.25, 0.3) is 11.8 Å². The zero-order chi connectivity index (χ0) is 30.6. The molecule has 1 aromatic heterocycles. The minimum absolute atomic E-state index is 0.0205. The van der Waals surface area contributed by atoms with Gasteiger partial charge in [0.25, 0.3) is 5.56 Å². The number of carbonyl (C=O) groups excluding carboxylic acids is 1. The van der Waals surface area contributed by atoms with Crippen LogP contribution in [0.5, 0.6) is 5.75 Å². The lowest BCUT2D eigenvalue weighted by molar-refractivity contribution is -0.138. The van der Waals surface area contributed by atoms with E-state index < -0.39 is 12.0 Å². The zero-order valence-corrected chi connectivity index (χ0v) is 26.2. The van der Waals surface area contributed by atoms with Gasteiger partial charge in [-0.25, -0.2) is 9.79 Å². The molecule has 0 radical (unpaired) electrons. The fourth-order valence-corrected chi connectivity index (χ4v) is 6.84. The standard InChI is InChI=1S/C36H37N3O4S/c1-4-42-35(41)31-32(26-11-7-5-8-12-26)37-36-39(33(31)27-15-19-29(20-16-27)43-24(2)3)34(40)30(44-36)23-25-13-17-28(18-14-25)38-21-9-6-10-22-38/h5,7-8,11-20,23-24,33H,4,6,9-10,21-22H2,1-3H3/b30-23-/t33-/m0/s1. The van der Waals surface area contributed by atoms with Gasteiger partial charge in [0.2, 0.25) is 0 Å². The normalized spacial score (nSPS) is 17.0. The molecular weight excluding hydrogens is 570 g/mol. The highest BCUT2D eigenvalue weighted by atomic mass is 32.1. The molecule has 44 heavy (non-hydrogen) atoms. The predicted molar refractivity (Wildman–Crippen MR) is 176 cm³/mol. The smallest absolute Gasteiger partial charge is 0.338 e. The van der Waals surface area contributed by atoms with Crippen LogP contribution < -0.4 is 24.5 Å². The minimum atomic E-state index is -0.725. The van der Waals surface area contributed by atoms with Gasteiger partial charge in [0, 0.05) is 24.3 Å². The van der Waals surface area contributed by atoms with Crippen molar-refractivity contribution in [2.75, 3.05) is 24.6 Å². The topological polar surface area (TPSA) is 73.1 Å². The van der Waals surface area contributed by atoms with E-state index in [2.05, 4.69) is 29.2 Å². The number of anilines is 1. The van der Waals surface area contributed by atoms with E-state index in [1.165, 1.54) is 36.3 Å². The number of rotatable bonds is 8. The molecule has 1 atom stereocenters. The van der Waals surface area contributed by atoms with Crippen molar-refractivity contribution in [3.05, 3.63) is 121 Å². The van der Waals surface area contributed by atoms with E-state index in [-0.39, 0.29) is 18.3 Å². The second kappa shape index (κ2) is 13.1. The second-order valence-corrected chi connectivity index (χ2v) is 12.3. The number of aromatic nitrogens is 1. The molecule has 7 nitrogen and oxygen atoms in total. The van der Waals surface area contributed by atoms with E-state index >= 15 is 0 Å². The minimum Gasteiger partial charge on any atom is -0.491 e. The average Bonchev–Trinajstić information content (AvgIpc) is 3.35. The monoisotopic (exact) mass is 607 g/mol. The van der Waals surface area contributed by atoms with Crippen LogP contribution in [0.1, 0.15) is 62.8 Å². The van der Waals surface area contributed by atoms with Crippen LogP contribution >= 0.6 is 11.3 Å². The van der Waals surface area contributed by atoms with Crippen LogP contribution in [0.3, 0.4) is 0 Å². The summed E-state index contributed by atoms with van der Waals surface area (Å²) in [5, 5.41) is 0. The van der Waals surface area contributed by atoms with Crippen molar-refractivity contribution in [2.24, 2.45) is 4.99 Å². The van der Waals surface area contributed by atoms with Crippen LogP contribution in [0.2, 0.25) is 0 Å². The predicted octanol–water partition coefficient (Wildman–Crippen LogP) is 5.71. The van der Waals surface area contributed by atoms with Crippen molar-refractivity contribution in [2.45, 2.75) is 52.2 Å². The van der Waals surface area contributed by atoms with Crippen molar-refractivity contribution in [3.63, 3.8) is 0 Å². The lowest BCUT2D eigenvalue weighted by Gasteiger charge is -2.28. The van der Waals surface area contributed by atoms with Crippen LogP contribution in [0.4, 0.5) is 5.69 Å². The molecule has 0 spiro atoms. The Bertz CT molecular complexity index is 1830. The van der Waals surface area contributed by atoms with Crippen molar-refractivity contribution >= 4 is 34.8 Å². The molecule has 0 bridgehead atoms. The number of esters is 1.